The van der Waals surface area contributed by atoms with Crippen molar-refractivity contribution in [2.75, 3.05) is 4.90 Å². The zero-order chi connectivity index (χ0) is 24.0. The normalized spacial score (nSPS) is 11.7. The summed E-state index contributed by atoms with van der Waals surface area (Å²) in [6.07, 6.45) is 0.971. The van der Waals surface area contributed by atoms with Gasteiger partial charge in [-0.15, -0.1) is 0 Å². The molecule has 2 heteroatoms. The van der Waals surface area contributed by atoms with Crippen LogP contribution in [-0.2, 0) is 6.42 Å². The molecule has 1 unspecified atom stereocenters. The van der Waals surface area contributed by atoms with Crippen molar-refractivity contribution < 1.29 is 0 Å². The molecule has 1 nitrogen and oxygen atoms in total. The molecule has 0 amide bonds. The first kappa shape index (κ1) is 23.1. The third kappa shape index (κ3) is 5.55. The van der Waals surface area contributed by atoms with E-state index in [0.717, 1.165) is 28.0 Å². The first-order valence-electron chi connectivity index (χ1n) is 12.0. The maximum atomic E-state index is 3.57. The number of anilines is 3. The van der Waals surface area contributed by atoms with E-state index in [4.69, 9.17) is 0 Å². The van der Waals surface area contributed by atoms with Gasteiger partial charge in [-0.1, -0.05) is 106 Å². The number of halogens is 1. The van der Waals surface area contributed by atoms with Gasteiger partial charge in [0.05, 0.1) is 0 Å². The van der Waals surface area contributed by atoms with E-state index in [2.05, 4.69) is 161 Å². The molecular formula is C33H28BrN. The Morgan fingerprint density at radius 3 is 1.63 bits per heavy atom. The lowest BCUT2D eigenvalue weighted by Gasteiger charge is -2.26. The van der Waals surface area contributed by atoms with Crippen LogP contribution in [0.4, 0.5) is 17.1 Å². The van der Waals surface area contributed by atoms with Gasteiger partial charge in [0, 0.05) is 27.5 Å². The lowest BCUT2D eigenvalue weighted by Crippen LogP contribution is -2.10. The average molecular weight is 518 g/mol. The molecule has 0 bridgehead atoms. The summed E-state index contributed by atoms with van der Waals surface area (Å²) in [5.74, 6) is 0.297. The number of hydrogen-bond donors (Lipinski definition) is 0. The minimum absolute atomic E-state index is 0.297. The molecule has 0 saturated carbocycles. The van der Waals surface area contributed by atoms with Crippen molar-refractivity contribution in [3.63, 3.8) is 0 Å². The van der Waals surface area contributed by atoms with Crippen molar-refractivity contribution in [2.24, 2.45) is 0 Å². The van der Waals surface area contributed by atoms with Gasteiger partial charge in [-0.3, -0.25) is 0 Å². The summed E-state index contributed by atoms with van der Waals surface area (Å²) in [6, 6.07) is 47.8. The van der Waals surface area contributed by atoms with Crippen LogP contribution < -0.4 is 4.90 Å². The van der Waals surface area contributed by atoms with E-state index in [1.54, 1.807) is 0 Å². The first-order valence-corrected chi connectivity index (χ1v) is 12.8. The zero-order valence-corrected chi connectivity index (χ0v) is 21.4. The fraction of sp³-hybridized carbons (Fsp3) is 0.0909. The lowest BCUT2D eigenvalue weighted by atomic mass is 9.85. The van der Waals surface area contributed by atoms with Gasteiger partial charge >= 0.3 is 0 Å². The highest BCUT2D eigenvalue weighted by atomic mass is 79.9. The molecule has 172 valence electrons. The Hall–Kier alpha value is -3.62. The Bertz CT molecular complexity index is 1340. The van der Waals surface area contributed by atoms with Gasteiger partial charge in [0.1, 0.15) is 0 Å². The van der Waals surface area contributed by atoms with Gasteiger partial charge in [-0.2, -0.15) is 0 Å². The molecule has 0 N–H and O–H groups in total. The first-order chi connectivity index (χ1) is 17.2. The van der Waals surface area contributed by atoms with E-state index in [9.17, 15) is 0 Å². The van der Waals surface area contributed by atoms with Gasteiger partial charge in [-0.25, -0.2) is 0 Å². The predicted molar refractivity (Wildman–Crippen MR) is 152 cm³/mol. The maximum Gasteiger partial charge on any atom is 0.0462 e. The molecule has 0 saturated heterocycles. The predicted octanol–water partition coefficient (Wildman–Crippen LogP) is 9.60. The highest BCUT2D eigenvalue weighted by Gasteiger charge is 2.17. The largest absolute Gasteiger partial charge is 0.311 e. The molecule has 5 rings (SSSR count). The van der Waals surface area contributed by atoms with Crippen LogP contribution in [0.1, 0.15) is 28.2 Å². The molecule has 0 radical (unpaired) electrons. The summed E-state index contributed by atoms with van der Waals surface area (Å²) in [7, 11) is 0. The third-order valence-corrected chi connectivity index (χ3v) is 6.94. The molecule has 0 aliphatic carbocycles. The van der Waals surface area contributed by atoms with Crippen molar-refractivity contribution in [3.05, 3.63) is 160 Å². The van der Waals surface area contributed by atoms with Crippen LogP contribution in [0.5, 0.6) is 0 Å². The van der Waals surface area contributed by atoms with Gasteiger partial charge in [0.25, 0.3) is 0 Å². The molecule has 5 aromatic carbocycles. The molecule has 5 aromatic rings. The van der Waals surface area contributed by atoms with Crippen LogP contribution in [0.2, 0.25) is 0 Å². The van der Waals surface area contributed by atoms with Crippen LogP contribution in [0.3, 0.4) is 0 Å². The van der Waals surface area contributed by atoms with Crippen LogP contribution in [0.15, 0.2) is 138 Å². The molecular weight excluding hydrogens is 490 g/mol. The summed E-state index contributed by atoms with van der Waals surface area (Å²) >= 11 is 3.57. The molecule has 1 atom stereocenters. The Balaban J connectivity index is 1.51. The second kappa shape index (κ2) is 10.8. The number of para-hydroxylation sites is 1. The van der Waals surface area contributed by atoms with E-state index < -0.39 is 0 Å². The molecule has 0 fully saturated rings. The molecule has 35 heavy (non-hydrogen) atoms. The quantitative estimate of drug-likeness (QED) is 0.207. The zero-order valence-electron chi connectivity index (χ0n) is 19.8. The lowest BCUT2D eigenvalue weighted by molar-refractivity contribution is 0.805. The summed E-state index contributed by atoms with van der Waals surface area (Å²) in [6.45, 7) is 2.14. The summed E-state index contributed by atoms with van der Waals surface area (Å²) in [5.41, 5.74) is 8.73. The number of rotatable bonds is 7. The van der Waals surface area contributed by atoms with Gasteiger partial charge < -0.3 is 4.90 Å². The van der Waals surface area contributed by atoms with Crippen molar-refractivity contribution in [1.29, 1.82) is 0 Å². The second-order valence-electron chi connectivity index (χ2n) is 8.89. The molecule has 0 spiro atoms. The van der Waals surface area contributed by atoms with Gasteiger partial charge in [-0.05, 0) is 78.6 Å². The highest BCUT2D eigenvalue weighted by molar-refractivity contribution is 9.10. The van der Waals surface area contributed by atoms with Crippen LogP contribution in [0.25, 0.3) is 0 Å². The highest BCUT2D eigenvalue weighted by Crippen LogP contribution is 2.36. The van der Waals surface area contributed by atoms with E-state index in [-0.39, 0.29) is 0 Å². The maximum absolute atomic E-state index is 3.57. The van der Waals surface area contributed by atoms with Crippen molar-refractivity contribution in [2.45, 2.75) is 19.3 Å². The van der Waals surface area contributed by atoms with Gasteiger partial charge in [0.15, 0.2) is 0 Å². The number of benzene rings is 5. The Labute approximate surface area is 216 Å². The summed E-state index contributed by atoms with van der Waals surface area (Å²) < 4.78 is 1.08. The number of hydrogen-bond acceptors (Lipinski definition) is 1. The van der Waals surface area contributed by atoms with E-state index in [1.807, 2.05) is 0 Å². The fourth-order valence-corrected chi connectivity index (χ4v) is 4.81. The van der Waals surface area contributed by atoms with E-state index in [1.165, 1.54) is 22.3 Å². The minimum Gasteiger partial charge on any atom is -0.311 e. The molecule has 0 aliphatic heterocycles. The van der Waals surface area contributed by atoms with Crippen LogP contribution >= 0.6 is 15.9 Å². The Kier molecular flexibility index (Phi) is 7.11. The summed E-state index contributed by atoms with van der Waals surface area (Å²) in [5, 5.41) is 0. The van der Waals surface area contributed by atoms with Crippen molar-refractivity contribution in [1.82, 2.24) is 0 Å². The topological polar surface area (TPSA) is 3.24 Å². The minimum atomic E-state index is 0.297. The third-order valence-electron chi connectivity index (χ3n) is 6.42. The number of aryl methyl sites for hydroxylation is 1. The molecule has 0 aromatic heterocycles. The monoisotopic (exact) mass is 517 g/mol. The Morgan fingerprint density at radius 2 is 1.03 bits per heavy atom. The van der Waals surface area contributed by atoms with Crippen molar-refractivity contribution in [3.8, 4) is 0 Å². The number of nitrogens with zero attached hydrogens (tertiary/aromatic N) is 1. The molecule has 0 heterocycles. The van der Waals surface area contributed by atoms with E-state index in [0.29, 0.717) is 5.92 Å². The van der Waals surface area contributed by atoms with Crippen molar-refractivity contribution >= 4 is 33.0 Å². The molecule has 0 aliphatic rings. The Morgan fingerprint density at radius 1 is 0.543 bits per heavy atom. The van der Waals surface area contributed by atoms with E-state index >= 15 is 0 Å². The smallest absolute Gasteiger partial charge is 0.0462 e. The fourth-order valence-electron chi connectivity index (χ4n) is 4.54. The second-order valence-corrected chi connectivity index (χ2v) is 9.81. The average Bonchev–Trinajstić information content (AvgIpc) is 2.91. The SMILES string of the molecule is Cc1ccc(CC(c2ccccc2)c2ccc(N(c3ccccc3)c3ccc(Br)cc3)cc2)cc1. The standard InChI is InChI=1S/C33H28BrN/c1-25-12-14-26(15-13-25)24-33(27-8-4-2-5-9-27)28-16-20-31(21-17-28)35(30-10-6-3-7-11-30)32-22-18-29(34)19-23-32/h2-23,33H,24H2,1H3. The summed E-state index contributed by atoms with van der Waals surface area (Å²) in [4.78, 5) is 2.30. The van der Waals surface area contributed by atoms with Crippen LogP contribution in [0, 0.1) is 6.92 Å². The van der Waals surface area contributed by atoms with Gasteiger partial charge in [0.2, 0.25) is 0 Å². The van der Waals surface area contributed by atoms with Crippen LogP contribution in [-0.4, -0.2) is 0 Å².